The van der Waals surface area contributed by atoms with Gasteiger partial charge in [-0.1, -0.05) is 6.08 Å². The van der Waals surface area contributed by atoms with E-state index in [0.717, 1.165) is 30.5 Å². The second kappa shape index (κ2) is 6.53. The van der Waals surface area contributed by atoms with Gasteiger partial charge in [0.05, 0.1) is 5.71 Å². The van der Waals surface area contributed by atoms with Gasteiger partial charge in [-0.25, -0.2) is 0 Å². The van der Waals surface area contributed by atoms with Gasteiger partial charge < -0.3 is 10.2 Å². The molecule has 6 heteroatoms. The van der Waals surface area contributed by atoms with Crippen molar-refractivity contribution >= 4 is 34.2 Å². The van der Waals surface area contributed by atoms with Gasteiger partial charge in [0.25, 0.3) is 5.91 Å². The average Bonchev–Trinajstić information content (AvgIpc) is 3.31. The third kappa shape index (κ3) is 3.01. The summed E-state index contributed by atoms with van der Waals surface area (Å²) in [5.74, 6) is -0.0717. The lowest BCUT2D eigenvalue weighted by Crippen LogP contribution is -2.50. The van der Waals surface area contributed by atoms with Crippen LogP contribution in [0.15, 0.2) is 40.1 Å². The normalized spacial score (nSPS) is 29.6. The molecule has 2 atom stereocenters. The van der Waals surface area contributed by atoms with Gasteiger partial charge in [0.2, 0.25) is 0 Å². The van der Waals surface area contributed by atoms with Crippen molar-refractivity contribution in [3.05, 3.63) is 39.6 Å². The molecule has 5 nitrogen and oxygen atoms in total. The quantitative estimate of drug-likeness (QED) is 0.875. The van der Waals surface area contributed by atoms with Crippen molar-refractivity contribution in [1.29, 1.82) is 0 Å². The molecule has 2 bridgehead atoms. The van der Waals surface area contributed by atoms with E-state index in [0.29, 0.717) is 17.8 Å². The van der Waals surface area contributed by atoms with Crippen molar-refractivity contribution in [2.45, 2.75) is 57.2 Å². The van der Waals surface area contributed by atoms with Crippen LogP contribution in [0.5, 0.6) is 0 Å². The third-order valence-corrected chi connectivity index (χ3v) is 7.38. The third-order valence-electron chi connectivity index (χ3n) is 6.33. The number of amides is 1. The highest BCUT2D eigenvalue weighted by Crippen LogP contribution is 2.35. The molecule has 2 fully saturated rings. The summed E-state index contributed by atoms with van der Waals surface area (Å²) < 4.78 is 0. The molecule has 27 heavy (non-hydrogen) atoms. The minimum atomic E-state index is -0.0717. The maximum Gasteiger partial charge on any atom is 0.272 e. The Hall–Kier alpha value is -2.05. The van der Waals surface area contributed by atoms with Crippen LogP contribution < -0.4 is 5.32 Å². The fraction of sp³-hybridized carbons (Fsp3) is 0.476. The van der Waals surface area contributed by atoms with Crippen LogP contribution in [0.1, 0.15) is 41.9 Å². The highest BCUT2D eigenvalue weighted by Gasteiger charge is 2.39. The number of carbonyl (C=O) groups excluding carboxylic acids is 1. The summed E-state index contributed by atoms with van der Waals surface area (Å²) in [4.78, 5) is 18.0. The fourth-order valence-corrected chi connectivity index (χ4v) is 5.67. The Kier molecular flexibility index (Phi) is 4.13. The number of piperidine rings is 1. The Morgan fingerprint density at radius 1 is 1.22 bits per heavy atom. The highest BCUT2D eigenvalue weighted by atomic mass is 32.1. The van der Waals surface area contributed by atoms with Crippen molar-refractivity contribution in [3.63, 3.8) is 0 Å². The van der Waals surface area contributed by atoms with E-state index in [-0.39, 0.29) is 11.9 Å². The maximum atomic E-state index is 12.9. The Morgan fingerprint density at radius 2 is 2.00 bits per heavy atom. The molecule has 0 radical (unpaired) electrons. The first-order chi connectivity index (χ1) is 13.1. The number of aryl methyl sites for hydroxylation is 1. The Bertz CT molecular complexity index is 908. The molecule has 2 saturated heterocycles. The molecular formula is C21H24N4OS. The van der Waals surface area contributed by atoms with E-state index in [9.17, 15) is 4.79 Å². The van der Waals surface area contributed by atoms with E-state index >= 15 is 0 Å². The first-order valence-electron chi connectivity index (χ1n) is 9.75. The molecule has 3 aliphatic heterocycles. The number of nitrogens with one attached hydrogen (secondary N) is 1. The molecular weight excluding hydrogens is 356 g/mol. The second-order valence-electron chi connectivity index (χ2n) is 8.02. The zero-order valence-electron chi connectivity index (χ0n) is 15.7. The van der Waals surface area contributed by atoms with E-state index in [1.807, 2.05) is 0 Å². The van der Waals surface area contributed by atoms with E-state index in [4.69, 9.17) is 0 Å². The van der Waals surface area contributed by atoms with Crippen LogP contribution in [-0.4, -0.2) is 47.4 Å². The predicted molar refractivity (Wildman–Crippen MR) is 110 cm³/mol. The zero-order valence-corrected chi connectivity index (χ0v) is 16.6. The second-order valence-corrected chi connectivity index (χ2v) is 9.31. The molecule has 5 rings (SSSR count). The minimum Gasteiger partial charge on any atom is -0.348 e. The van der Waals surface area contributed by atoms with Gasteiger partial charge in [0, 0.05) is 39.9 Å². The van der Waals surface area contributed by atoms with Crippen molar-refractivity contribution in [2.24, 2.45) is 10.2 Å². The molecule has 1 amide bonds. The lowest BCUT2D eigenvalue weighted by Gasteiger charge is -2.36. The molecule has 140 valence electrons. The van der Waals surface area contributed by atoms with E-state index in [1.54, 1.807) is 11.3 Å². The largest absolute Gasteiger partial charge is 0.348 e. The lowest BCUT2D eigenvalue weighted by molar-refractivity contribution is -0.115. The molecule has 2 unspecified atom stereocenters. The number of thiophene rings is 1. The monoisotopic (exact) mass is 380 g/mol. The first-order valence-corrected chi connectivity index (χ1v) is 10.6. The number of hydrogen-bond donors (Lipinski definition) is 1. The molecule has 0 spiro atoms. The van der Waals surface area contributed by atoms with Gasteiger partial charge in [-0.2, -0.15) is 5.10 Å². The van der Waals surface area contributed by atoms with E-state index in [1.165, 1.54) is 28.2 Å². The van der Waals surface area contributed by atoms with Gasteiger partial charge in [0.1, 0.15) is 0 Å². The van der Waals surface area contributed by atoms with Gasteiger partial charge in [0.15, 0.2) is 5.71 Å². The molecule has 1 aliphatic carbocycles. The standard InChI is InChI=1S/C21H24N4OS/c1-12-3-8-19(27-12)13-4-7-18-17(9-13)20(24-23-18)21(26)22-14-10-15-5-6-16(11-14)25(15)2/h3-4,8-9,14-16H,5-7,10-11H2,1-2H3,(H,22,26). The molecule has 0 aromatic carbocycles. The van der Waals surface area contributed by atoms with Crippen molar-refractivity contribution in [2.75, 3.05) is 7.05 Å². The van der Waals surface area contributed by atoms with E-state index < -0.39 is 0 Å². The van der Waals surface area contributed by atoms with Crippen LogP contribution in [0.2, 0.25) is 0 Å². The SMILES string of the molecule is Cc1ccc(C2=CCC3=NN=C(C(=O)NC4CC5CCC(C4)N5C)C3=C2)s1. The van der Waals surface area contributed by atoms with Crippen LogP contribution in [-0.2, 0) is 4.79 Å². The fourth-order valence-electron chi connectivity index (χ4n) is 4.79. The van der Waals surface area contributed by atoms with Gasteiger partial charge in [-0.05, 0) is 63.4 Å². The molecule has 0 saturated carbocycles. The molecule has 4 heterocycles. The van der Waals surface area contributed by atoms with Gasteiger partial charge in [-0.15, -0.1) is 16.4 Å². The summed E-state index contributed by atoms with van der Waals surface area (Å²) in [5, 5.41) is 11.7. The van der Waals surface area contributed by atoms with Crippen molar-refractivity contribution in [1.82, 2.24) is 10.2 Å². The summed E-state index contributed by atoms with van der Waals surface area (Å²) in [6.45, 7) is 2.11. The average molecular weight is 381 g/mol. The lowest BCUT2D eigenvalue weighted by atomic mass is 9.93. The van der Waals surface area contributed by atoms with Crippen LogP contribution in [0.25, 0.3) is 5.57 Å². The summed E-state index contributed by atoms with van der Waals surface area (Å²) in [5.41, 5.74) is 3.45. The Labute approximate surface area is 163 Å². The maximum absolute atomic E-state index is 12.9. The first kappa shape index (κ1) is 17.1. The number of nitrogens with zero attached hydrogens (tertiary/aromatic N) is 3. The predicted octanol–water partition coefficient (Wildman–Crippen LogP) is 3.32. The van der Waals surface area contributed by atoms with Gasteiger partial charge >= 0.3 is 0 Å². The Balaban J connectivity index is 1.32. The summed E-state index contributed by atoms with van der Waals surface area (Å²) in [6, 6.07) is 5.74. The molecule has 1 aromatic heterocycles. The van der Waals surface area contributed by atoms with Crippen molar-refractivity contribution < 1.29 is 4.79 Å². The summed E-state index contributed by atoms with van der Waals surface area (Å²) >= 11 is 1.78. The molecule has 1 N–H and O–H groups in total. The molecule has 1 aromatic rings. The number of rotatable bonds is 3. The zero-order chi connectivity index (χ0) is 18.5. The van der Waals surface area contributed by atoms with Crippen LogP contribution in [0.3, 0.4) is 0 Å². The van der Waals surface area contributed by atoms with Crippen LogP contribution >= 0.6 is 11.3 Å². The summed E-state index contributed by atoms with van der Waals surface area (Å²) in [6.07, 6.45) is 9.58. The number of carbonyl (C=O) groups is 1. The van der Waals surface area contributed by atoms with Crippen molar-refractivity contribution in [3.8, 4) is 0 Å². The number of allylic oxidation sites excluding steroid dienone is 3. The Morgan fingerprint density at radius 3 is 2.70 bits per heavy atom. The van der Waals surface area contributed by atoms with Gasteiger partial charge in [-0.3, -0.25) is 4.79 Å². The number of fused-ring (bicyclic) bond motifs is 3. The van der Waals surface area contributed by atoms with E-state index in [2.05, 4.69) is 58.7 Å². The van der Waals surface area contributed by atoms with Crippen LogP contribution in [0, 0.1) is 6.92 Å². The topological polar surface area (TPSA) is 57.1 Å². The molecule has 4 aliphatic rings. The highest BCUT2D eigenvalue weighted by molar-refractivity contribution is 7.13. The smallest absolute Gasteiger partial charge is 0.272 e. The van der Waals surface area contributed by atoms with Crippen LogP contribution in [0.4, 0.5) is 0 Å². The number of hydrogen-bond acceptors (Lipinski definition) is 5. The summed E-state index contributed by atoms with van der Waals surface area (Å²) in [7, 11) is 2.22. The minimum absolute atomic E-state index is 0.0717.